The molecule has 2 rings (SSSR count). The van der Waals surface area contributed by atoms with Gasteiger partial charge in [-0.2, -0.15) is 0 Å². The Morgan fingerprint density at radius 3 is 2.87 bits per heavy atom. The van der Waals surface area contributed by atoms with Gasteiger partial charge >= 0.3 is 0 Å². The van der Waals surface area contributed by atoms with Gasteiger partial charge in [-0.3, -0.25) is 4.79 Å². The average Bonchev–Trinajstić information content (AvgIpc) is 2.71. The summed E-state index contributed by atoms with van der Waals surface area (Å²) in [5.41, 5.74) is 3.23. The van der Waals surface area contributed by atoms with Crippen LogP contribution in [0.4, 0.5) is 5.69 Å². The van der Waals surface area contributed by atoms with Gasteiger partial charge in [0, 0.05) is 10.7 Å². The number of hydrogen-bond donors (Lipinski definition) is 1. The first-order chi connectivity index (χ1) is 7.22. The van der Waals surface area contributed by atoms with Crippen LogP contribution in [-0.2, 0) is 17.6 Å². The van der Waals surface area contributed by atoms with Crippen molar-refractivity contribution in [3.8, 4) is 0 Å². The third-order valence-electron chi connectivity index (χ3n) is 2.67. The Labute approximate surface area is 93.9 Å². The zero-order valence-corrected chi connectivity index (χ0v) is 9.10. The molecule has 1 aromatic rings. The topological polar surface area (TPSA) is 29.1 Å². The number of carbonyl (C=O) groups excluding carboxylic acids is 1. The molecule has 15 heavy (non-hydrogen) atoms. The van der Waals surface area contributed by atoms with E-state index >= 15 is 0 Å². The summed E-state index contributed by atoms with van der Waals surface area (Å²) in [5, 5.41) is 3.61. The fraction of sp³-hybridized carbons (Fsp3) is 0.250. The Balaban J connectivity index is 2.37. The molecule has 0 saturated heterocycles. The predicted molar refractivity (Wildman–Crippen MR) is 62.3 cm³/mol. The maximum Gasteiger partial charge on any atom is 0.247 e. The summed E-state index contributed by atoms with van der Waals surface area (Å²) in [6.07, 6.45) is 4.38. The van der Waals surface area contributed by atoms with Crippen molar-refractivity contribution in [2.45, 2.75) is 19.3 Å². The van der Waals surface area contributed by atoms with Crippen LogP contribution in [0.1, 0.15) is 17.5 Å². The van der Waals surface area contributed by atoms with Crippen molar-refractivity contribution in [3.05, 3.63) is 40.9 Å². The molecule has 1 N–H and O–H groups in total. The maximum absolute atomic E-state index is 11.2. The van der Waals surface area contributed by atoms with E-state index in [1.165, 1.54) is 17.2 Å². The van der Waals surface area contributed by atoms with Crippen LogP contribution in [0, 0.1) is 0 Å². The number of fused-ring (bicyclic) bond motifs is 1. The summed E-state index contributed by atoms with van der Waals surface area (Å²) < 4.78 is 0. The summed E-state index contributed by atoms with van der Waals surface area (Å²) in [7, 11) is 0. The van der Waals surface area contributed by atoms with Crippen LogP contribution >= 0.6 is 11.6 Å². The predicted octanol–water partition coefficient (Wildman–Crippen LogP) is 2.95. The van der Waals surface area contributed by atoms with Crippen LogP contribution in [0.15, 0.2) is 24.8 Å². The highest BCUT2D eigenvalue weighted by Crippen LogP contribution is 2.34. The second kappa shape index (κ2) is 4.07. The van der Waals surface area contributed by atoms with Crippen LogP contribution in [0.25, 0.3) is 0 Å². The van der Waals surface area contributed by atoms with Crippen LogP contribution < -0.4 is 5.32 Å². The van der Waals surface area contributed by atoms with E-state index in [0.717, 1.165) is 30.0 Å². The van der Waals surface area contributed by atoms with Crippen molar-refractivity contribution in [2.75, 3.05) is 5.32 Å². The van der Waals surface area contributed by atoms with Crippen molar-refractivity contribution in [1.29, 1.82) is 0 Å². The number of nitrogens with one attached hydrogen (secondary N) is 1. The van der Waals surface area contributed by atoms with Crippen molar-refractivity contribution in [2.24, 2.45) is 0 Å². The van der Waals surface area contributed by atoms with Crippen molar-refractivity contribution in [1.82, 2.24) is 0 Å². The molecule has 0 aliphatic heterocycles. The zero-order valence-electron chi connectivity index (χ0n) is 8.35. The van der Waals surface area contributed by atoms with Gasteiger partial charge in [-0.05, 0) is 48.6 Å². The lowest BCUT2D eigenvalue weighted by atomic mass is 10.1. The summed E-state index contributed by atoms with van der Waals surface area (Å²) >= 11 is 6.08. The van der Waals surface area contributed by atoms with Gasteiger partial charge in [-0.15, -0.1) is 0 Å². The second-order valence-electron chi connectivity index (χ2n) is 3.60. The molecule has 0 heterocycles. The molecule has 3 heteroatoms. The van der Waals surface area contributed by atoms with Gasteiger partial charge in [0.2, 0.25) is 5.91 Å². The highest BCUT2D eigenvalue weighted by molar-refractivity contribution is 6.31. The third-order valence-corrected chi connectivity index (χ3v) is 3.02. The number of halogens is 1. The average molecular weight is 222 g/mol. The minimum Gasteiger partial charge on any atom is -0.322 e. The zero-order chi connectivity index (χ0) is 10.8. The molecule has 0 aromatic heterocycles. The van der Waals surface area contributed by atoms with Crippen molar-refractivity contribution in [3.63, 3.8) is 0 Å². The van der Waals surface area contributed by atoms with Gasteiger partial charge in [0.15, 0.2) is 0 Å². The summed E-state index contributed by atoms with van der Waals surface area (Å²) in [6.45, 7) is 3.43. The largest absolute Gasteiger partial charge is 0.322 e. The lowest BCUT2D eigenvalue weighted by Crippen LogP contribution is -2.09. The Bertz CT molecular complexity index is 426. The van der Waals surface area contributed by atoms with Gasteiger partial charge in [-0.1, -0.05) is 18.2 Å². The van der Waals surface area contributed by atoms with E-state index in [2.05, 4.69) is 11.9 Å². The minimum atomic E-state index is -0.175. The smallest absolute Gasteiger partial charge is 0.247 e. The molecule has 0 radical (unpaired) electrons. The molecular weight excluding hydrogens is 210 g/mol. The second-order valence-corrected chi connectivity index (χ2v) is 4.01. The lowest BCUT2D eigenvalue weighted by Gasteiger charge is -2.09. The molecule has 1 amide bonds. The molecule has 1 aliphatic carbocycles. The van der Waals surface area contributed by atoms with Crippen molar-refractivity contribution < 1.29 is 4.79 Å². The number of hydrogen-bond acceptors (Lipinski definition) is 1. The van der Waals surface area contributed by atoms with Gasteiger partial charge < -0.3 is 5.32 Å². The van der Waals surface area contributed by atoms with Crippen LogP contribution in [0.5, 0.6) is 0 Å². The van der Waals surface area contributed by atoms with Crippen LogP contribution in [0.2, 0.25) is 5.02 Å². The molecule has 1 aromatic carbocycles. The maximum atomic E-state index is 11.2. The molecule has 1 aliphatic rings. The molecule has 0 atom stereocenters. The van der Waals surface area contributed by atoms with E-state index in [1.54, 1.807) is 0 Å². The Kier molecular flexibility index (Phi) is 2.78. The molecular formula is C12H12ClNO. The fourth-order valence-electron chi connectivity index (χ4n) is 1.96. The minimum absolute atomic E-state index is 0.175. The molecule has 0 bridgehead atoms. The van der Waals surface area contributed by atoms with E-state index < -0.39 is 0 Å². The van der Waals surface area contributed by atoms with Gasteiger partial charge in [0.05, 0.1) is 0 Å². The molecule has 0 fully saturated rings. The molecule has 2 nitrogen and oxygen atoms in total. The van der Waals surface area contributed by atoms with E-state index in [4.69, 9.17) is 11.6 Å². The number of amides is 1. The molecule has 0 saturated carbocycles. The summed E-state index contributed by atoms with van der Waals surface area (Å²) in [4.78, 5) is 11.2. The number of anilines is 1. The fourth-order valence-corrected chi connectivity index (χ4v) is 2.23. The van der Waals surface area contributed by atoms with Crippen molar-refractivity contribution >= 4 is 23.2 Å². The summed E-state index contributed by atoms with van der Waals surface area (Å²) in [5.74, 6) is -0.175. The Hall–Kier alpha value is -1.28. The normalized spacial score (nSPS) is 13.4. The highest BCUT2D eigenvalue weighted by atomic mass is 35.5. The molecule has 0 spiro atoms. The molecule has 78 valence electrons. The summed E-state index contributed by atoms with van der Waals surface area (Å²) in [6, 6.07) is 3.69. The van der Waals surface area contributed by atoms with E-state index in [1.807, 2.05) is 12.1 Å². The van der Waals surface area contributed by atoms with E-state index in [9.17, 15) is 4.79 Å². The monoisotopic (exact) mass is 221 g/mol. The SMILES string of the molecule is C=CC(=O)Nc1ccc(Cl)c2c1CCC2. The number of benzene rings is 1. The van der Waals surface area contributed by atoms with Crippen LogP contribution in [0.3, 0.4) is 0 Å². The van der Waals surface area contributed by atoms with Gasteiger partial charge in [0.25, 0.3) is 0 Å². The Morgan fingerprint density at radius 1 is 1.40 bits per heavy atom. The third kappa shape index (κ3) is 1.90. The van der Waals surface area contributed by atoms with Crippen LogP contribution in [-0.4, -0.2) is 5.91 Å². The van der Waals surface area contributed by atoms with Gasteiger partial charge in [0.1, 0.15) is 0 Å². The highest BCUT2D eigenvalue weighted by Gasteiger charge is 2.18. The first kappa shape index (κ1) is 10.2. The quantitative estimate of drug-likeness (QED) is 0.765. The standard InChI is InChI=1S/C12H12ClNO/c1-2-12(15)14-11-7-6-10(13)8-4-3-5-9(8)11/h2,6-7H,1,3-5H2,(H,14,15). The molecule has 0 unspecified atom stereocenters. The lowest BCUT2D eigenvalue weighted by molar-refractivity contribution is -0.111. The number of carbonyl (C=O) groups is 1. The van der Waals surface area contributed by atoms with Gasteiger partial charge in [-0.25, -0.2) is 0 Å². The Morgan fingerprint density at radius 2 is 2.13 bits per heavy atom. The number of rotatable bonds is 2. The van der Waals surface area contributed by atoms with E-state index in [0.29, 0.717) is 0 Å². The first-order valence-electron chi connectivity index (χ1n) is 4.96. The first-order valence-corrected chi connectivity index (χ1v) is 5.34. The van der Waals surface area contributed by atoms with E-state index in [-0.39, 0.29) is 5.91 Å².